The van der Waals surface area contributed by atoms with E-state index in [1.54, 1.807) is 43.3 Å². The molecule has 1 amide bonds. The second-order valence-electron chi connectivity index (χ2n) is 6.16. The summed E-state index contributed by atoms with van der Waals surface area (Å²) in [5.41, 5.74) is 1.72. The molecular weight excluding hydrogens is 352 g/mol. The first-order chi connectivity index (χ1) is 12.3. The quantitative estimate of drug-likeness (QED) is 0.767. The predicted molar refractivity (Wildman–Crippen MR) is 101 cm³/mol. The third-order valence-electron chi connectivity index (χ3n) is 3.94. The lowest BCUT2D eigenvalue weighted by Crippen LogP contribution is -2.34. The number of benzene rings is 2. The van der Waals surface area contributed by atoms with Crippen LogP contribution in [0.2, 0.25) is 0 Å². The number of hydrogen-bond acceptors (Lipinski definition) is 4. The van der Waals surface area contributed by atoms with Crippen molar-refractivity contribution in [3.05, 3.63) is 65.7 Å². The average molecular weight is 376 g/mol. The van der Waals surface area contributed by atoms with Crippen LogP contribution in [0, 0.1) is 0 Å². The maximum atomic E-state index is 12.6. The second kappa shape index (κ2) is 8.82. The zero-order chi connectivity index (χ0) is 19.2. The topological polar surface area (TPSA) is 75.7 Å². The lowest BCUT2D eigenvalue weighted by atomic mass is 10.0. The molecule has 0 fully saturated rings. The van der Waals surface area contributed by atoms with Gasteiger partial charge in [-0.2, -0.15) is 0 Å². The van der Waals surface area contributed by atoms with Gasteiger partial charge in [-0.15, -0.1) is 0 Å². The molecule has 7 heteroatoms. The SMILES string of the molecule is COc1ccc(C(CC(=O)N(C)Cc2ccccc2)NS(C)(=O)=O)cc1. The van der Waals surface area contributed by atoms with Gasteiger partial charge in [-0.3, -0.25) is 4.79 Å². The zero-order valence-corrected chi connectivity index (χ0v) is 16.0. The molecule has 0 heterocycles. The Labute approximate surface area is 154 Å². The van der Waals surface area contributed by atoms with Crippen LogP contribution in [0.4, 0.5) is 0 Å². The van der Waals surface area contributed by atoms with E-state index in [9.17, 15) is 13.2 Å². The van der Waals surface area contributed by atoms with E-state index in [4.69, 9.17) is 4.74 Å². The maximum absolute atomic E-state index is 12.6. The van der Waals surface area contributed by atoms with Crippen molar-refractivity contribution >= 4 is 15.9 Å². The van der Waals surface area contributed by atoms with Crippen LogP contribution >= 0.6 is 0 Å². The second-order valence-corrected chi connectivity index (χ2v) is 7.94. The zero-order valence-electron chi connectivity index (χ0n) is 15.2. The molecule has 0 saturated heterocycles. The highest BCUT2D eigenvalue weighted by molar-refractivity contribution is 7.88. The molecule has 0 aliphatic carbocycles. The van der Waals surface area contributed by atoms with Gasteiger partial charge < -0.3 is 9.64 Å². The van der Waals surface area contributed by atoms with Crippen molar-refractivity contribution in [2.45, 2.75) is 19.0 Å². The van der Waals surface area contributed by atoms with Gasteiger partial charge in [-0.05, 0) is 23.3 Å². The van der Waals surface area contributed by atoms with Gasteiger partial charge in [-0.1, -0.05) is 42.5 Å². The third-order valence-corrected chi connectivity index (χ3v) is 4.65. The number of amides is 1. The van der Waals surface area contributed by atoms with Gasteiger partial charge in [0.25, 0.3) is 0 Å². The Morgan fingerprint density at radius 2 is 1.73 bits per heavy atom. The molecule has 1 atom stereocenters. The maximum Gasteiger partial charge on any atom is 0.224 e. The Kier molecular flexibility index (Phi) is 6.76. The highest BCUT2D eigenvalue weighted by Crippen LogP contribution is 2.22. The molecule has 0 aliphatic heterocycles. The summed E-state index contributed by atoms with van der Waals surface area (Å²) in [5.74, 6) is 0.519. The monoisotopic (exact) mass is 376 g/mol. The summed E-state index contributed by atoms with van der Waals surface area (Å²) in [6, 6.07) is 16.0. The molecule has 140 valence electrons. The predicted octanol–water partition coefficient (Wildman–Crippen LogP) is 2.33. The van der Waals surface area contributed by atoms with E-state index in [-0.39, 0.29) is 12.3 Å². The molecular formula is C19H24N2O4S. The summed E-state index contributed by atoms with van der Waals surface area (Å²) >= 11 is 0. The van der Waals surface area contributed by atoms with Crippen LogP contribution in [0.3, 0.4) is 0 Å². The van der Waals surface area contributed by atoms with Crippen molar-refractivity contribution < 1.29 is 17.9 Å². The molecule has 0 aliphatic rings. The number of hydrogen-bond donors (Lipinski definition) is 1. The fourth-order valence-corrected chi connectivity index (χ4v) is 3.33. The van der Waals surface area contributed by atoms with E-state index in [0.29, 0.717) is 17.9 Å². The summed E-state index contributed by atoms with van der Waals surface area (Å²) in [5, 5.41) is 0. The van der Waals surface area contributed by atoms with Crippen LogP contribution < -0.4 is 9.46 Å². The molecule has 0 spiro atoms. The number of sulfonamides is 1. The van der Waals surface area contributed by atoms with Gasteiger partial charge in [-0.25, -0.2) is 13.1 Å². The van der Waals surface area contributed by atoms with Crippen molar-refractivity contribution in [3.8, 4) is 5.75 Å². The first-order valence-corrected chi connectivity index (χ1v) is 10.1. The van der Waals surface area contributed by atoms with Crippen molar-refractivity contribution in [1.29, 1.82) is 0 Å². The van der Waals surface area contributed by atoms with Crippen LogP contribution in [-0.2, 0) is 21.4 Å². The van der Waals surface area contributed by atoms with Gasteiger partial charge in [0.05, 0.1) is 19.4 Å². The number of carbonyl (C=O) groups excluding carboxylic acids is 1. The largest absolute Gasteiger partial charge is 0.497 e. The Balaban J connectivity index is 2.13. The van der Waals surface area contributed by atoms with Crippen LogP contribution in [0.5, 0.6) is 5.75 Å². The van der Waals surface area contributed by atoms with Gasteiger partial charge in [0.15, 0.2) is 0 Å². The number of ether oxygens (including phenoxy) is 1. The summed E-state index contributed by atoms with van der Waals surface area (Å²) in [6.07, 6.45) is 1.12. The molecule has 0 saturated carbocycles. The third kappa shape index (κ3) is 6.16. The lowest BCUT2D eigenvalue weighted by molar-refractivity contribution is -0.130. The number of carbonyl (C=O) groups is 1. The van der Waals surface area contributed by atoms with Crippen LogP contribution in [0.1, 0.15) is 23.6 Å². The number of nitrogens with one attached hydrogen (secondary N) is 1. The van der Waals surface area contributed by atoms with Gasteiger partial charge >= 0.3 is 0 Å². The lowest BCUT2D eigenvalue weighted by Gasteiger charge is -2.22. The molecule has 0 bridgehead atoms. The van der Waals surface area contributed by atoms with E-state index in [1.807, 2.05) is 30.3 Å². The molecule has 0 aromatic heterocycles. The number of nitrogens with zero attached hydrogens (tertiary/aromatic N) is 1. The molecule has 1 N–H and O–H groups in total. The van der Waals surface area contributed by atoms with E-state index in [1.165, 1.54) is 0 Å². The Morgan fingerprint density at radius 1 is 1.12 bits per heavy atom. The molecule has 6 nitrogen and oxygen atoms in total. The smallest absolute Gasteiger partial charge is 0.224 e. The van der Waals surface area contributed by atoms with Crippen LogP contribution in [-0.4, -0.2) is 39.6 Å². The molecule has 2 rings (SSSR count). The highest BCUT2D eigenvalue weighted by Gasteiger charge is 2.22. The minimum atomic E-state index is -3.47. The van der Waals surface area contributed by atoms with E-state index in [2.05, 4.69) is 4.72 Å². The first-order valence-electron chi connectivity index (χ1n) is 8.17. The van der Waals surface area contributed by atoms with Crippen molar-refractivity contribution in [3.63, 3.8) is 0 Å². The number of methoxy groups -OCH3 is 1. The van der Waals surface area contributed by atoms with Crippen molar-refractivity contribution in [1.82, 2.24) is 9.62 Å². The standard InChI is InChI=1S/C19H24N2O4S/c1-21(14-15-7-5-4-6-8-15)19(22)13-18(20-26(3,23)24)16-9-11-17(25-2)12-10-16/h4-12,18,20H,13-14H2,1-3H3. The Bertz CT molecular complexity index is 820. The van der Waals surface area contributed by atoms with Gasteiger partial charge in [0, 0.05) is 20.0 Å². The number of rotatable bonds is 8. The fraction of sp³-hybridized carbons (Fsp3) is 0.316. The minimum absolute atomic E-state index is 0.0305. The summed E-state index contributed by atoms with van der Waals surface area (Å²) in [6.45, 7) is 0.466. The Morgan fingerprint density at radius 3 is 2.27 bits per heavy atom. The van der Waals surface area contributed by atoms with Crippen molar-refractivity contribution in [2.24, 2.45) is 0 Å². The minimum Gasteiger partial charge on any atom is -0.497 e. The van der Waals surface area contributed by atoms with Gasteiger partial charge in [0.1, 0.15) is 5.75 Å². The molecule has 2 aromatic rings. The first kappa shape index (κ1) is 19.9. The van der Waals surface area contributed by atoms with Crippen molar-refractivity contribution in [2.75, 3.05) is 20.4 Å². The van der Waals surface area contributed by atoms with Crippen LogP contribution in [0.15, 0.2) is 54.6 Å². The Hall–Kier alpha value is -2.38. The molecule has 2 aromatic carbocycles. The average Bonchev–Trinajstić information content (AvgIpc) is 2.61. The van der Waals surface area contributed by atoms with E-state index in [0.717, 1.165) is 11.8 Å². The van der Waals surface area contributed by atoms with E-state index < -0.39 is 16.1 Å². The highest BCUT2D eigenvalue weighted by atomic mass is 32.2. The summed E-state index contributed by atoms with van der Waals surface area (Å²) < 4.78 is 31.1. The fourth-order valence-electron chi connectivity index (χ4n) is 2.60. The summed E-state index contributed by atoms with van der Waals surface area (Å²) in [4.78, 5) is 14.2. The summed E-state index contributed by atoms with van der Waals surface area (Å²) in [7, 11) is -0.201. The normalized spacial score (nSPS) is 12.4. The van der Waals surface area contributed by atoms with Gasteiger partial charge in [0.2, 0.25) is 15.9 Å². The molecule has 26 heavy (non-hydrogen) atoms. The van der Waals surface area contributed by atoms with Crippen LogP contribution in [0.25, 0.3) is 0 Å². The molecule has 0 radical (unpaired) electrons. The van der Waals surface area contributed by atoms with E-state index >= 15 is 0 Å². The molecule has 1 unspecified atom stereocenters.